The highest BCUT2D eigenvalue weighted by atomic mass is 16.5. The van der Waals surface area contributed by atoms with E-state index in [4.69, 9.17) is 9.47 Å². The van der Waals surface area contributed by atoms with Gasteiger partial charge in [-0.05, 0) is 41.3 Å². The molecule has 0 amide bonds. The molecule has 2 unspecified atom stereocenters. The highest BCUT2D eigenvalue weighted by Crippen LogP contribution is 2.34. The monoisotopic (exact) mass is 300 g/mol. The molecule has 2 aromatic rings. The molecule has 0 saturated heterocycles. The van der Waals surface area contributed by atoms with Gasteiger partial charge in [0.1, 0.15) is 11.5 Å². The fraction of sp³-hybridized carbons (Fsp3) is 0.278. The van der Waals surface area contributed by atoms with Crippen LogP contribution in [-0.2, 0) is 4.79 Å². The van der Waals surface area contributed by atoms with Gasteiger partial charge in [0.05, 0.1) is 20.1 Å². The third-order valence-electron chi connectivity index (χ3n) is 3.88. The number of aliphatic carboxylic acids is 1. The van der Waals surface area contributed by atoms with Crippen LogP contribution in [0.3, 0.4) is 0 Å². The van der Waals surface area contributed by atoms with Gasteiger partial charge in [0.25, 0.3) is 0 Å². The summed E-state index contributed by atoms with van der Waals surface area (Å²) < 4.78 is 10.3. The van der Waals surface area contributed by atoms with E-state index in [0.29, 0.717) is 5.75 Å². The van der Waals surface area contributed by atoms with Crippen molar-refractivity contribution in [3.05, 3.63) is 59.7 Å². The topological polar surface area (TPSA) is 55.8 Å². The number of hydrogen-bond acceptors (Lipinski definition) is 3. The van der Waals surface area contributed by atoms with E-state index < -0.39 is 11.9 Å². The van der Waals surface area contributed by atoms with Crippen LogP contribution >= 0.6 is 0 Å². The maximum atomic E-state index is 11.7. The fourth-order valence-electron chi connectivity index (χ4n) is 2.56. The standard InChI is InChI=1S/C18H20O4/c1-12(13-4-8-15(21-2)9-5-13)17(18(19)20)14-6-10-16(22-3)11-7-14/h4-12,17H,1-3H3,(H,19,20). The van der Waals surface area contributed by atoms with Crippen molar-refractivity contribution in [2.75, 3.05) is 14.2 Å². The van der Waals surface area contributed by atoms with Gasteiger partial charge >= 0.3 is 5.97 Å². The second kappa shape index (κ2) is 6.98. The summed E-state index contributed by atoms with van der Waals surface area (Å²) in [6.45, 7) is 1.92. The quantitative estimate of drug-likeness (QED) is 0.884. The smallest absolute Gasteiger partial charge is 0.311 e. The Bertz CT molecular complexity index is 617. The van der Waals surface area contributed by atoms with Crippen molar-refractivity contribution in [3.8, 4) is 11.5 Å². The van der Waals surface area contributed by atoms with E-state index >= 15 is 0 Å². The van der Waals surface area contributed by atoms with Crippen LogP contribution in [0, 0.1) is 0 Å². The molecule has 2 rings (SSSR count). The number of ether oxygens (including phenoxy) is 2. The van der Waals surface area contributed by atoms with Gasteiger partial charge in [-0.15, -0.1) is 0 Å². The lowest BCUT2D eigenvalue weighted by atomic mass is 9.82. The molecule has 0 radical (unpaired) electrons. The Morgan fingerprint density at radius 1 is 0.864 bits per heavy atom. The second-order valence-corrected chi connectivity index (χ2v) is 5.15. The van der Waals surface area contributed by atoms with Crippen LogP contribution < -0.4 is 9.47 Å². The van der Waals surface area contributed by atoms with Crippen molar-refractivity contribution in [3.63, 3.8) is 0 Å². The first-order chi connectivity index (χ1) is 10.6. The van der Waals surface area contributed by atoms with Gasteiger partial charge in [0.15, 0.2) is 0 Å². The van der Waals surface area contributed by atoms with Crippen LogP contribution in [-0.4, -0.2) is 25.3 Å². The van der Waals surface area contributed by atoms with Crippen molar-refractivity contribution in [2.24, 2.45) is 0 Å². The summed E-state index contributed by atoms with van der Waals surface area (Å²) in [7, 11) is 3.19. The Morgan fingerprint density at radius 2 is 1.27 bits per heavy atom. The number of carbonyl (C=O) groups is 1. The first-order valence-corrected chi connectivity index (χ1v) is 7.07. The van der Waals surface area contributed by atoms with Gasteiger partial charge < -0.3 is 14.6 Å². The number of carboxylic acids is 1. The minimum atomic E-state index is -0.839. The van der Waals surface area contributed by atoms with E-state index in [2.05, 4.69) is 0 Å². The first-order valence-electron chi connectivity index (χ1n) is 7.07. The van der Waals surface area contributed by atoms with Gasteiger partial charge in [0.2, 0.25) is 0 Å². The van der Waals surface area contributed by atoms with Gasteiger partial charge in [-0.2, -0.15) is 0 Å². The summed E-state index contributed by atoms with van der Waals surface area (Å²) >= 11 is 0. The van der Waals surface area contributed by atoms with E-state index in [0.717, 1.165) is 16.9 Å². The molecule has 2 aromatic carbocycles. The summed E-state index contributed by atoms with van der Waals surface area (Å²) in [5, 5.41) is 9.63. The lowest BCUT2D eigenvalue weighted by molar-refractivity contribution is -0.139. The predicted octanol–water partition coefficient (Wildman–Crippen LogP) is 3.68. The van der Waals surface area contributed by atoms with Gasteiger partial charge in [0, 0.05) is 0 Å². The van der Waals surface area contributed by atoms with Crippen LogP contribution in [0.5, 0.6) is 11.5 Å². The van der Waals surface area contributed by atoms with Crippen molar-refractivity contribution in [1.29, 1.82) is 0 Å². The Hall–Kier alpha value is -2.49. The Labute approximate surface area is 130 Å². The van der Waals surface area contributed by atoms with Gasteiger partial charge in [-0.25, -0.2) is 0 Å². The fourth-order valence-corrected chi connectivity index (χ4v) is 2.56. The van der Waals surface area contributed by atoms with Crippen molar-refractivity contribution < 1.29 is 19.4 Å². The zero-order valence-corrected chi connectivity index (χ0v) is 12.9. The molecule has 116 valence electrons. The number of methoxy groups -OCH3 is 2. The molecule has 2 atom stereocenters. The van der Waals surface area contributed by atoms with Crippen molar-refractivity contribution in [1.82, 2.24) is 0 Å². The average molecular weight is 300 g/mol. The molecule has 1 N–H and O–H groups in total. The van der Waals surface area contributed by atoms with E-state index in [1.165, 1.54) is 0 Å². The number of benzene rings is 2. The zero-order chi connectivity index (χ0) is 16.1. The summed E-state index contributed by atoms with van der Waals surface area (Å²) in [6, 6.07) is 14.7. The minimum Gasteiger partial charge on any atom is -0.497 e. The second-order valence-electron chi connectivity index (χ2n) is 5.15. The lowest BCUT2D eigenvalue weighted by Crippen LogP contribution is -2.18. The molecule has 4 nitrogen and oxygen atoms in total. The molecule has 22 heavy (non-hydrogen) atoms. The molecule has 0 aliphatic heterocycles. The maximum Gasteiger partial charge on any atom is 0.311 e. The normalized spacial score (nSPS) is 13.2. The molecule has 0 fully saturated rings. The molecule has 0 aromatic heterocycles. The first kappa shape index (κ1) is 15.9. The Morgan fingerprint density at radius 3 is 1.64 bits per heavy atom. The van der Waals surface area contributed by atoms with Crippen molar-refractivity contribution in [2.45, 2.75) is 18.8 Å². The van der Waals surface area contributed by atoms with Crippen LogP contribution in [0.2, 0.25) is 0 Å². The number of carboxylic acid groups (broad SMARTS) is 1. The van der Waals surface area contributed by atoms with E-state index in [-0.39, 0.29) is 5.92 Å². The molecule has 0 spiro atoms. The third kappa shape index (κ3) is 3.39. The molecule has 0 bridgehead atoms. The molecular formula is C18H20O4. The predicted molar refractivity (Wildman–Crippen MR) is 84.8 cm³/mol. The average Bonchev–Trinajstić information content (AvgIpc) is 2.55. The molecule has 0 aliphatic carbocycles. The largest absolute Gasteiger partial charge is 0.497 e. The van der Waals surface area contributed by atoms with Gasteiger partial charge in [-0.3, -0.25) is 4.79 Å². The lowest BCUT2D eigenvalue weighted by Gasteiger charge is -2.21. The molecule has 0 saturated carbocycles. The van der Waals surface area contributed by atoms with Crippen LogP contribution in [0.4, 0.5) is 0 Å². The summed E-state index contributed by atoms with van der Waals surface area (Å²) in [5.74, 6) is -0.137. The third-order valence-corrected chi connectivity index (χ3v) is 3.88. The molecule has 0 heterocycles. The number of rotatable bonds is 6. The Balaban J connectivity index is 2.30. The summed E-state index contributed by atoms with van der Waals surface area (Å²) in [5.41, 5.74) is 1.72. The number of hydrogen-bond donors (Lipinski definition) is 1. The molecular weight excluding hydrogens is 280 g/mol. The van der Waals surface area contributed by atoms with E-state index in [9.17, 15) is 9.90 Å². The van der Waals surface area contributed by atoms with Crippen LogP contribution in [0.15, 0.2) is 48.5 Å². The summed E-state index contributed by atoms with van der Waals surface area (Å²) in [4.78, 5) is 11.7. The minimum absolute atomic E-state index is 0.156. The van der Waals surface area contributed by atoms with Crippen molar-refractivity contribution >= 4 is 5.97 Å². The maximum absolute atomic E-state index is 11.7. The van der Waals surface area contributed by atoms with E-state index in [1.54, 1.807) is 38.5 Å². The zero-order valence-electron chi connectivity index (χ0n) is 12.9. The molecule has 0 aliphatic rings. The highest BCUT2D eigenvalue weighted by molar-refractivity contribution is 5.77. The highest BCUT2D eigenvalue weighted by Gasteiger charge is 2.27. The Kier molecular flexibility index (Phi) is 5.04. The summed E-state index contributed by atoms with van der Waals surface area (Å²) in [6.07, 6.45) is 0. The molecule has 4 heteroatoms. The SMILES string of the molecule is COc1ccc(C(C)C(C(=O)O)c2ccc(OC)cc2)cc1. The van der Waals surface area contributed by atoms with Gasteiger partial charge in [-0.1, -0.05) is 31.2 Å². The van der Waals surface area contributed by atoms with Crippen LogP contribution in [0.1, 0.15) is 29.9 Å². The van der Waals surface area contributed by atoms with Crippen LogP contribution in [0.25, 0.3) is 0 Å². The van der Waals surface area contributed by atoms with E-state index in [1.807, 2.05) is 31.2 Å².